The number of hydrogen-bond donors (Lipinski definition) is 1. The Morgan fingerprint density at radius 2 is 1.94 bits per heavy atom. The molecular formula is C26H30ClN5S. The number of nitrogens with one attached hydrogen (secondary N) is 1. The Bertz CT molecular complexity index is 1120. The Balaban J connectivity index is 1.53. The van der Waals surface area contributed by atoms with Crippen molar-refractivity contribution in [3.8, 4) is 0 Å². The third kappa shape index (κ3) is 4.22. The zero-order valence-corrected chi connectivity index (χ0v) is 20.7. The fourth-order valence-electron chi connectivity index (χ4n) is 5.07. The number of benzene rings is 1. The van der Waals surface area contributed by atoms with Crippen LogP contribution < -0.4 is 15.1 Å². The molecule has 0 bridgehead atoms. The number of aromatic nitrogens is 2. The highest BCUT2D eigenvalue weighted by Gasteiger charge is 2.42. The molecule has 7 heteroatoms. The lowest BCUT2D eigenvalue weighted by Crippen LogP contribution is -2.33. The summed E-state index contributed by atoms with van der Waals surface area (Å²) in [6.07, 6.45) is 6.38. The molecule has 0 aliphatic carbocycles. The van der Waals surface area contributed by atoms with Crippen molar-refractivity contribution in [1.82, 2.24) is 14.9 Å². The van der Waals surface area contributed by atoms with E-state index in [4.69, 9.17) is 23.8 Å². The molecule has 2 fully saturated rings. The van der Waals surface area contributed by atoms with Gasteiger partial charge in [-0.05, 0) is 80.4 Å². The second-order valence-electron chi connectivity index (χ2n) is 9.02. The van der Waals surface area contributed by atoms with Crippen molar-refractivity contribution < 1.29 is 0 Å². The molecule has 0 amide bonds. The number of piperidine rings is 1. The molecule has 0 spiro atoms. The summed E-state index contributed by atoms with van der Waals surface area (Å²) in [7, 11) is 0. The van der Waals surface area contributed by atoms with Crippen molar-refractivity contribution in [1.29, 1.82) is 0 Å². The molecule has 5 rings (SSSR count). The van der Waals surface area contributed by atoms with Gasteiger partial charge in [-0.3, -0.25) is 4.98 Å². The van der Waals surface area contributed by atoms with Gasteiger partial charge in [0.25, 0.3) is 0 Å². The van der Waals surface area contributed by atoms with Crippen LogP contribution in [0.25, 0.3) is 0 Å². The number of halogens is 1. The van der Waals surface area contributed by atoms with Gasteiger partial charge in [0.05, 0.1) is 22.4 Å². The molecule has 172 valence electrons. The lowest BCUT2D eigenvalue weighted by molar-refractivity contribution is 0.438. The first kappa shape index (κ1) is 22.2. The first-order chi connectivity index (χ1) is 16.1. The molecule has 2 saturated heterocycles. The zero-order chi connectivity index (χ0) is 22.9. The largest absolute Gasteiger partial charge is 0.370 e. The Labute approximate surface area is 206 Å². The molecule has 2 atom stereocenters. The Morgan fingerprint density at radius 3 is 2.64 bits per heavy atom. The molecule has 0 unspecified atom stereocenters. The van der Waals surface area contributed by atoms with E-state index in [0.29, 0.717) is 5.11 Å². The zero-order valence-electron chi connectivity index (χ0n) is 19.1. The summed E-state index contributed by atoms with van der Waals surface area (Å²) in [6, 6.07) is 16.6. The van der Waals surface area contributed by atoms with Gasteiger partial charge in [0.1, 0.15) is 6.04 Å². The van der Waals surface area contributed by atoms with Crippen molar-refractivity contribution in [2.45, 2.75) is 45.3 Å². The molecule has 33 heavy (non-hydrogen) atoms. The lowest BCUT2D eigenvalue weighted by Gasteiger charge is -2.33. The van der Waals surface area contributed by atoms with E-state index < -0.39 is 0 Å². The van der Waals surface area contributed by atoms with E-state index in [0.717, 1.165) is 47.6 Å². The van der Waals surface area contributed by atoms with Gasteiger partial charge in [-0.15, -0.1) is 0 Å². The van der Waals surface area contributed by atoms with Crippen molar-refractivity contribution >= 4 is 40.3 Å². The third-order valence-electron chi connectivity index (χ3n) is 6.94. The minimum Gasteiger partial charge on any atom is -0.370 e. The SMILES string of the molecule is CCn1cccc1[C@H]1[C@@H](c2ccccn2)NC(=S)N1c1ccc(N2CCC(C)CC2)c(Cl)c1. The standard InChI is InChI=1S/C26H30ClN5S/c1-3-30-14-6-8-23(30)25-24(21-7-4-5-13-28-21)29-26(33)32(25)19-9-10-22(20(27)17-19)31-15-11-18(2)12-16-31/h4-10,13-14,17-18,24-25H,3,11-12,15-16H2,1-2H3,(H,29,33)/t24-,25+/m1/s1. The maximum Gasteiger partial charge on any atom is 0.174 e. The van der Waals surface area contributed by atoms with Crippen molar-refractivity contribution in [2.24, 2.45) is 5.92 Å². The van der Waals surface area contributed by atoms with Gasteiger partial charge >= 0.3 is 0 Å². The topological polar surface area (TPSA) is 36.3 Å². The van der Waals surface area contributed by atoms with E-state index in [1.165, 1.54) is 18.5 Å². The minimum atomic E-state index is -0.0547. The van der Waals surface area contributed by atoms with E-state index in [9.17, 15) is 0 Å². The van der Waals surface area contributed by atoms with Crippen molar-refractivity contribution in [3.05, 3.63) is 77.3 Å². The molecule has 3 aromatic rings. The average Bonchev–Trinajstić information content (AvgIpc) is 3.44. The number of anilines is 2. The highest BCUT2D eigenvalue weighted by atomic mass is 35.5. The maximum absolute atomic E-state index is 6.86. The third-order valence-corrected chi connectivity index (χ3v) is 7.56. The van der Waals surface area contributed by atoms with Crippen LogP contribution in [-0.2, 0) is 6.54 Å². The van der Waals surface area contributed by atoms with E-state index in [1.807, 2.05) is 18.3 Å². The average molecular weight is 480 g/mol. The molecule has 4 heterocycles. The van der Waals surface area contributed by atoms with Crippen LogP contribution in [0.1, 0.15) is 50.2 Å². The van der Waals surface area contributed by atoms with E-state index in [2.05, 4.69) is 81.1 Å². The maximum atomic E-state index is 6.86. The van der Waals surface area contributed by atoms with E-state index in [-0.39, 0.29) is 12.1 Å². The molecule has 2 aliphatic rings. The van der Waals surface area contributed by atoms with Gasteiger partial charge in [-0.1, -0.05) is 24.6 Å². The molecule has 0 radical (unpaired) electrons. The Kier molecular flexibility index (Phi) is 6.30. The number of aryl methyl sites for hydroxylation is 1. The fourth-order valence-corrected chi connectivity index (χ4v) is 5.71. The quantitative estimate of drug-likeness (QED) is 0.456. The van der Waals surface area contributed by atoms with Crippen LogP contribution in [0.3, 0.4) is 0 Å². The lowest BCUT2D eigenvalue weighted by atomic mass is 9.98. The van der Waals surface area contributed by atoms with Gasteiger partial charge in [-0.2, -0.15) is 0 Å². The summed E-state index contributed by atoms with van der Waals surface area (Å²) in [5, 5.41) is 5.00. The molecule has 1 aromatic carbocycles. The fraction of sp³-hybridized carbons (Fsp3) is 0.385. The van der Waals surface area contributed by atoms with Gasteiger partial charge in [0, 0.05) is 43.4 Å². The predicted molar refractivity (Wildman–Crippen MR) is 140 cm³/mol. The van der Waals surface area contributed by atoms with Crippen LogP contribution in [-0.4, -0.2) is 27.8 Å². The van der Waals surface area contributed by atoms with Crippen LogP contribution in [0.15, 0.2) is 60.9 Å². The Morgan fingerprint density at radius 1 is 1.12 bits per heavy atom. The number of thiocarbonyl (C=S) groups is 1. The number of rotatable bonds is 5. The van der Waals surface area contributed by atoms with Crippen molar-refractivity contribution in [2.75, 3.05) is 22.9 Å². The molecule has 2 aromatic heterocycles. The van der Waals surface area contributed by atoms with Gasteiger partial charge < -0.3 is 19.7 Å². The number of nitrogens with zero attached hydrogens (tertiary/aromatic N) is 4. The summed E-state index contributed by atoms with van der Waals surface area (Å²) < 4.78 is 2.27. The Hall–Kier alpha value is -2.57. The smallest absolute Gasteiger partial charge is 0.174 e. The summed E-state index contributed by atoms with van der Waals surface area (Å²) >= 11 is 12.7. The monoisotopic (exact) mass is 479 g/mol. The summed E-state index contributed by atoms with van der Waals surface area (Å²) in [4.78, 5) is 9.25. The summed E-state index contributed by atoms with van der Waals surface area (Å²) in [5.41, 5.74) is 4.28. The normalized spacial score (nSPS) is 21.5. The van der Waals surface area contributed by atoms with Crippen LogP contribution in [0, 0.1) is 5.92 Å². The van der Waals surface area contributed by atoms with Crippen LogP contribution in [0.2, 0.25) is 5.02 Å². The van der Waals surface area contributed by atoms with E-state index >= 15 is 0 Å². The molecule has 1 N–H and O–H groups in total. The predicted octanol–water partition coefficient (Wildman–Crippen LogP) is 5.97. The van der Waals surface area contributed by atoms with Crippen molar-refractivity contribution in [3.63, 3.8) is 0 Å². The second-order valence-corrected chi connectivity index (χ2v) is 9.81. The highest BCUT2D eigenvalue weighted by Crippen LogP contribution is 2.43. The first-order valence-electron chi connectivity index (χ1n) is 11.8. The molecular weight excluding hydrogens is 450 g/mol. The number of hydrogen-bond acceptors (Lipinski definition) is 3. The van der Waals surface area contributed by atoms with Crippen LogP contribution in [0.4, 0.5) is 11.4 Å². The van der Waals surface area contributed by atoms with E-state index in [1.54, 1.807) is 0 Å². The van der Waals surface area contributed by atoms with Crippen LogP contribution in [0.5, 0.6) is 0 Å². The van der Waals surface area contributed by atoms with Gasteiger partial charge in [-0.25, -0.2) is 0 Å². The van der Waals surface area contributed by atoms with Crippen LogP contribution >= 0.6 is 23.8 Å². The summed E-state index contributed by atoms with van der Waals surface area (Å²) in [5.74, 6) is 0.784. The first-order valence-corrected chi connectivity index (χ1v) is 12.6. The molecule has 0 saturated carbocycles. The van der Waals surface area contributed by atoms with Gasteiger partial charge in [0.2, 0.25) is 0 Å². The molecule has 2 aliphatic heterocycles. The van der Waals surface area contributed by atoms with Gasteiger partial charge in [0.15, 0.2) is 5.11 Å². The second kappa shape index (κ2) is 9.35. The highest BCUT2D eigenvalue weighted by molar-refractivity contribution is 7.80. The number of pyridine rings is 1. The summed E-state index contributed by atoms with van der Waals surface area (Å²) in [6.45, 7) is 7.49. The molecule has 5 nitrogen and oxygen atoms in total. The minimum absolute atomic E-state index is 0.0277.